The van der Waals surface area contributed by atoms with Crippen molar-refractivity contribution in [3.63, 3.8) is 0 Å². The zero-order chi connectivity index (χ0) is 12.6. The van der Waals surface area contributed by atoms with Gasteiger partial charge in [-0.05, 0) is 0 Å². The normalized spacial score (nSPS) is 10.2. The molecule has 0 unspecified atom stereocenters. The molecule has 0 radical (unpaired) electrons. The molecule has 0 aromatic heterocycles. The summed E-state index contributed by atoms with van der Waals surface area (Å²) in [6.45, 7) is 0. The van der Waals surface area contributed by atoms with Gasteiger partial charge in [-0.1, -0.05) is 46.4 Å². The van der Waals surface area contributed by atoms with E-state index in [0.29, 0.717) is 0 Å². The van der Waals surface area contributed by atoms with Gasteiger partial charge in [0.05, 0.1) is 32.0 Å². The molecule has 0 saturated carbocycles. The Kier molecular flexibility index (Phi) is 3.91. The van der Waals surface area contributed by atoms with E-state index in [1.54, 1.807) is 0 Å². The molecule has 0 bridgehead atoms. The molecule has 8 heteroatoms. The van der Waals surface area contributed by atoms with E-state index in [-0.39, 0.29) is 0 Å². The summed E-state index contributed by atoms with van der Waals surface area (Å²) in [6, 6.07) is 0. The van der Waals surface area contributed by atoms with Crippen LogP contribution in [0, 0.1) is 0 Å². The third-order valence-corrected chi connectivity index (χ3v) is 3.38. The Labute approximate surface area is 109 Å². The van der Waals surface area contributed by atoms with Gasteiger partial charge in [-0.2, -0.15) is 0 Å². The van der Waals surface area contributed by atoms with Gasteiger partial charge in [0, 0.05) is 11.1 Å². The number of carboxylic acid groups (broad SMARTS) is 2. The van der Waals surface area contributed by atoms with Gasteiger partial charge in [0.15, 0.2) is 0 Å². The monoisotopic (exact) mass is 300 g/mol. The first-order chi connectivity index (χ1) is 7.29. The maximum atomic E-state index is 10.7. The average Bonchev–Trinajstić information content (AvgIpc) is 2.14. The number of aromatic carboxylic acids is 2. The molecule has 4 nitrogen and oxygen atoms in total. The zero-order valence-electron chi connectivity index (χ0n) is 7.14. The third-order valence-electron chi connectivity index (χ3n) is 1.67. The van der Waals surface area contributed by atoms with Gasteiger partial charge in [-0.3, -0.25) is 0 Å². The predicted molar refractivity (Wildman–Crippen MR) is 55.1 cm³/mol. The molecule has 86 valence electrons. The van der Waals surface area contributed by atoms with Crippen LogP contribution in [-0.4, -0.2) is 11.9 Å². The molecule has 0 atom stereocenters. The lowest BCUT2D eigenvalue weighted by molar-refractivity contribution is -0.256. The van der Waals surface area contributed by atoms with Gasteiger partial charge < -0.3 is 19.8 Å². The van der Waals surface area contributed by atoms with Crippen molar-refractivity contribution in [2.45, 2.75) is 0 Å². The Bertz CT molecular complexity index is 423. The van der Waals surface area contributed by atoms with Crippen molar-refractivity contribution in [1.82, 2.24) is 0 Å². The molecule has 16 heavy (non-hydrogen) atoms. The first-order valence-electron chi connectivity index (χ1n) is 3.57. The highest BCUT2D eigenvalue weighted by atomic mass is 35.5. The Morgan fingerprint density at radius 3 is 1.00 bits per heavy atom. The molecule has 0 spiro atoms. The average molecular weight is 302 g/mol. The number of carboxylic acids is 2. The summed E-state index contributed by atoms with van der Waals surface area (Å²) in [5, 5.41) is 19.1. The third kappa shape index (κ3) is 2.06. The van der Waals surface area contributed by atoms with E-state index in [1.165, 1.54) is 0 Å². The van der Waals surface area contributed by atoms with Gasteiger partial charge in [-0.25, -0.2) is 0 Å². The highest BCUT2D eigenvalue weighted by molar-refractivity contribution is 6.52. The fourth-order valence-corrected chi connectivity index (χ4v) is 2.15. The van der Waals surface area contributed by atoms with Gasteiger partial charge >= 0.3 is 0 Å². The van der Waals surface area contributed by atoms with E-state index in [9.17, 15) is 19.8 Å². The van der Waals surface area contributed by atoms with Crippen molar-refractivity contribution in [2.24, 2.45) is 0 Å². The topological polar surface area (TPSA) is 80.3 Å². The van der Waals surface area contributed by atoms with Gasteiger partial charge in [0.1, 0.15) is 0 Å². The first-order valence-corrected chi connectivity index (χ1v) is 5.08. The summed E-state index contributed by atoms with van der Waals surface area (Å²) in [6.07, 6.45) is 0. The smallest absolute Gasteiger partial charge is 0.0746 e. The number of benzene rings is 1. The minimum Gasteiger partial charge on any atom is -0.545 e. The highest BCUT2D eigenvalue weighted by Crippen LogP contribution is 2.40. The summed E-state index contributed by atoms with van der Waals surface area (Å²) < 4.78 is 0. The van der Waals surface area contributed by atoms with Gasteiger partial charge in [-0.15, -0.1) is 0 Å². The summed E-state index contributed by atoms with van der Waals surface area (Å²) in [7, 11) is 0. The summed E-state index contributed by atoms with van der Waals surface area (Å²) in [5.74, 6) is -3.44. The van der Waals surface area contributed by atoms with Crippen LogP contribution < -0.4 is 10.2 Å². The molecule has 0 heterocycles. The van der Waals surface area contributed by atoms with E-state index in [0.717, 1.165) is 0 Å². The largest absolute Gasteiger partial charge is 0.545 e. The van der Waals surface area contributed by atoms with Crippen LogP contribution in [0.5, 0.6) is 0 Å². The maximum absolute atomic E-state index is 10.7. The fraction of sp³-hybridized carbons (Fsp3) is 0. The van der Waals surface area contributed by atoms with Crippen molar-refractivity contribution in [3.8, 4) is 0 Å². The molecule has 0 aliphatic heterocycles. The number of hydrogen-bond acceptors (Lipinski definition) is 4. The van der Waals surface area contributed by atoms with Crippen LogP contribution in [-0.2, 0) is 0 Å². The van der Waals surface area contributed by atoms with Crippen LogP contribution in [0.2, 0.25) is 20.1 Å². The van der Waals surface area contributed by atoms with E-state index >= 15 is 0 Å². The minimum atomic E-state index is -1.72. The van der Waals surface area contributed by atoms with Crippen LogP contribution in [0.15, 0.2) is 0 Å². The van der Waals surface area contributed by atoms with Crippen LogP contribution in [0.25, 0.3) is 0 Å². The molecular formula is C8Cl4O4-2. The Morgan fingerprint density at radius 2 is 0.875 bits per heavy atom. The Morgan fingerprint density at radius 1 is 0.688 bits per heavy atom. The Balaban J connectivity index is 3.77. The van der Waals surface area contributed by atoms with Gasteiger partial charge in [0.2, 0.25) is 0 Å². The van der Waals surface area contributed by atoms with E-state index in [4.69, 9.17) is 46.4 Å². The second kappa shape index (κ2) is 4.67. The van der Waals surface area contributed by atoms with Crippen LogP contribution in [0.3, 0.4) is 0 Å². The molecule has 0 N–H and O–H groups in total. The molecule has 1 aromatic rings. The van der Waals surface area contributed by atoms with Crippen molar-refractivity contribution in [2.75, 3.05) is 0 Å². The van der Waals surface area contributed by atoms with Crippen LogP contribution >= 0.6 is 46.4 Å². The highest BCUT2D eigenvalue weighted by Gasteiger charge is 2.21. The fourth-order valence-electron chi connectivity index (χ4n) is 0.990. The van der Waals surface area contributed by atoms with Crippen molar-refractivity contribution < 1.29 is 19.8 Å². The number of hydrogen-bond donors (Lipinski definition) is 0. The maximum Gasteiger partial charge on any atom is 0.0746 e. The molecule has 0 saturated heterocycles. The molecule has 0 amide bonds. The molecule has 1 rings (SSSR count). The lowest BCUT2D eigenvalue weighted by atomic mass is 10.1. The minimum absolute atomic E-state index is 0.560. The lowest BCUT2D eigenvalue weighted by Crippen LogP contribution is -2.26. The second-order valence-electron chi connectivity index (χ2n) is 2.58. The molecule has 0 fully saturated rings. The van der Waals surface area contributed by atoms with E-state index < -0.39 is 43.2 Å². The molecular weight excluding hydrogens is 302 g/mol. The number of halogens is 4. The number of rotatable bonds is 2. The Hall–Kier alpha value is -0.680. The van der Waals surface area contributed by atoms with Crippen molar-refractivity contribution >= 4 is 58.3 Å². The van der Waals surface area contributed by atoms with Gasteiger partial charge in [0.25, 0.3) is 0 Å². The molecule has 0 aliphatic rings. The molecule has 0 aliphatic carbocycles. The first kappa shape index (κ1) is 13.4. The number of carbonyl (C=O) groups is 2. The van der Waals surface area contributed by atoms with Crippen LogP contribution in [0.4, 0.5) is 0 Å². The summed E-state index contributed by atoms with van der Waals surface area (Å²) in [5.41, 5.74) is -1.33. The van der Waals surface area contributed by atoms with Crippen molar-refractivity contribution in [1.29, 1.82) is 0 Å². The lowest BCUT2D eigenvalue weighted by Gasteiger charge is -2.16. The number of carbonyl (C=O) groups excluding carboxylic acids is 2. The summed E-state index contributed by atoms with van der Waals surface area (Å²) in [4.78, 5) is 21.3. The summed E-state index contributed by atoms with van der Waals surface area (Å²) >= 11 is 22.1. The quantitative estimate of drug-likeness (QED) is 0.764. The van der Waals surface area contributed by atoms with E-state index in [2.05, 4.69) is 0 Å². The SMILES string of the molecule is O=C([O-])c1c(Cl)c(Cl)c(C(=O)[O-])c(Cl)c1Cl. The van der Waals surface area contributed by atoms with Crippen molar-refractivity contribution in [3.05, 3.63) is 31.2 Å². The predicted octanol–water partition coefficient (Wildman–Crippen LogP) is 1.03. The molecule has 1 aromatic carbocycles. The van der Waals surface area contributed by atoms with Crippen LogP contribution in [0.1, 0.15) is 20.7 Å². The second-order valence-corrected chi connectivity index (χ2v) is 4.09. The van der Waals surface area contributed by atoms with E-state index in [1.807, 2.05) is 0 Å². The zero-order valence-corrected chi connectivity index (χ0v) is 10.2. The standard InChI is InChI=1S/C8H2Cl4O4/c9-3-1(7(13)14)4(10)6(12)2(5(3)11)8(15)16/h(H,13,14)(H,15,16)/p-2.